The van der Waals surface area contributed by atoms with E-state index in [1.54, 1.807) is 11.8 Å². The van der Waals surface area contributed by atoms with Crippen LogP contribution in [0.3, 0.4) is 0 Å². The lowest BCUT2D eigenvalue weighted by Gasteiger charge is -2.56. The Bertz CT molecular complexity index is 689. The number of non-ortho nitro benzene ring substituents is 1. The SMILES string of the molecule is O=C(CSC12CC3CC(CC(C3)C1)C2)Nc1cc([N+](=O)[O-])ccc1F. The fourth-order valence-corrected chi connectivity index (χ4v) is 6.91. The van der Waals surface area contributed by atoms with Gasteiger partial charge in [0.25, 0.3) is 5.69 Å². The number of anilines is 1. The van der Waals surface area contributed by atoms with Crippen molar-refractivity contribution in [1.29, 1.82) is 0 Å². The van der Waals surface area contributed by atoms with E-state index in [4.69, 9.17) is 0 Å². The van der Waals surface area contributed by atoms with Crippen LogP contribution in [0.15, 0.2) is 18.2 Å². The summed E-state index contributed by atoms with van der Waals surface area (Å²) in [7, 11) is 0. The van der Waals surface area contributed by atoms with Crippen LogP contribution in [-0.2, 0) is 4.79 Å². The third kappa shape index (κ3) is 3.38. The maximum absolute atomic E-state index is 13.8. The van der Waals surface area contributed by atoms with Crippen LogP contribution in [0.5, 0.6) is 0 Å². The number of nitrogens with zero attached hydrogens (tertiary/aromatic N) is 1. The Kier molecular flexibility index (Phi) is 4.22. The number of thioether (sulfide) groups is 1. The molecule has 5 nitrogen and oxygen atoms in total. The summed E-state index contributed by atoms with van der Waals surface area (Å²) in [6, 6.07) is 3.18. The zero-order valence-corrected chi connectivity index (χ0v) is 14.7. The van der Waals surface area contributed by atoms with E-state index in [9.17, 15) is 19.3 Å². The molecule has 0 saturated heterocycles. The van der Waals surface area contributed by atoms with Crippen LogP contribution >= 0.6 is 11.8 Å². The Hall–Kier alpha value is -1.63. The lowest BCUT2D eigenvalue weighted by molar-refractivity contribution is -0.384. The van der Waals surface area contributed by atoms with Gasteiger partial charge in [-0.05, 0) is 62.3 Å². The molecule has 1 aromatic carbocycles. The molecule has 0 heterocycles. The topological polar surface area (TPSA) is 72.2 Å². The summed E-state index contributed by atoms with van der Waals surface area (Å²) in [5.41, 5.74) is -0.351. The van der Waals surface area contributed by atoms with E-state index in [-0.39, 0.29) is 27.8 Å². The number of amides is 1. The number of carbonyl (C=O) groups excluding carboxylic acids is 1. The first kappa shape index (κ1) is 16.8. The molecule has 25 heavy (non-hydrogen) atoms. The minimum Gasteiger partial charge on any atom is -0.323 e. The number of rotatable bonds is 5. The number of carbonyl (C=O) groups is 1. The lowest BCUT2D eigenvalue weighted by Crippen LogP contribution is -2.49. The van der Waals surface area contributed by atoms with E-state index < -0.39 is 10.7 Å². The van der Waals surface area contributed by atoms with Crippen LogP contribution in [0.2, 0.25) is 0 Å². The molecule has 4 bridgehead atoms. The van der Waals surface area contributed by atoms with Gasteiger partial charge < -0.3 is 5.32 Å². The van der Waals surface area contributed by atoms with Gasteiger partial charge in [-0.3, -0.25) is 14.9 Å². The van der Waals surface area contributed by atoms with E-state index >= 15 is 0 Å². The number of nitro benzene ring substituents is 1. The van der Waals surface area contributed by atoms with Crippen LogP contribution in [0.1, 0.15) is 38.5 Å². The summed E-state index contributed by atoms with van der Waals surface area (Å²) in [6.45, 7) is 0. The highest BCUT2D eigenvalue weighted by Gasteiger charge is 2.51. The molecular formula is C18H21FN2O3S. The van der Waals surface area contributed by atoms with Gasteiger partial charge in [0.1, 0.15) is 5.82 Å². The quantitative estimate of drug-likeness (QED) is 0.622. The van der Waals surface area contributed by atoms with Gasteiger partial charge in [-0.25, -0.2) is 4.39 Å². The number of halogens is 1. The molecule has 0 aliphatic heterocycles. The second kappa shape index (κ2) is 6.27. The number of nitro groups is 1. The molecule has 134 valence electrons. The van der Waals surface area contributed by atoms with Crippen LogP contribution < -0.4 is 5.32 Å². The predicted molar refractivity (Wildman–Crippen MR) is 95.0 cm³/mol. The molecule has 7 heteroatoms. The second-order valence-electron chi connectivity index (χ2n) is 7.86. The van der Waals surface area contributed by atoms with Gasteiger partial charge in [-0.15, -0.1) is 11.8 Å². The average Bonchev–Trinajstić information content (AvgIpc) is 2.54. The van der Waals surface area contributed by atoms with Gasteiger partial charge >= 0.3 is 0 Å². The van der Waals surface area contributed by atoms with Crippen molar-refractivity contribution in [2.24, 2.45) is 17.8 Å². The van der Waals surface area contributed by atoms with Gasteiger partial charge in [0.15, 0.2) is 0 Å². The fraction of sp³-hybridized carbons (Fsp3) is 0.611. The van der Waals surface area contributed by atoms with Gasteiger partial charge in [0, 0.05) is 16.9 Å². The Morgan fingerprint density at radius 1 is 1.24 bits per heavy atom. The zero-order chi connectivity index (χ0) is 17.6. The number of hydrogen-bond donors (Lipinski definition) is 1. The zero-order valence-electron chi connectivity index (χ0n) is 13.9. The van der Waals surface area contributed by atoms with Gasteiger partial charge in [-0.2, -0.15) is 0 Å². The summed E-state index contributed by atoms with van der Waals surface area (Å²) in [5.74, 6) is 1.77. The van der Waals surface area contributed by atoms with Crippen molar-refractivity contribution >= 4 is 29.0 Å². The molecule has 0 unspecified atom stereocenters. The third-order valence-electron chi connectivity index (χ3n) is 5.93. The van der Waals surface area contributed by atoms with Crippen LogP contribution in [0.4, 0.5) is 15.8 Å². The highest BCUT2D eigenvalue weighted by atomic mass is 32.2. The van der Waals surface area contributed by atoms with Crippen molar-refractivity contribution in [3.05, 3.63) is 34.1 Å². The van der Waals surface area contributed by atoms with Crippen molar-refractivity contribution in [1.82, 2.24) is 0 Å². The first-order chi connectivity index (χ1) is 11.9. The van der Waals surface area contributed by atoms with Gasteiger partial charge in [-0.1, -0.05) is 0 Å². The molecule has 0 atom stereocenters. The summed E-state index contributed by atoms with van der Waals surface area (Å²) in [6.07, 6.45) is 7.65. The maximum atomic E-state index is 13.8. The molecule has 1 N–H and O–H groups in total. The molecule has 4 saturated carbocycles. The van der Waals surface area contributed by atoms with E-state index in [1.165, 1.54) is 38.5 Å². The van der Waals surface area contributed by atoms with E-state index in [1.807, 2.05) is 0 Å². The Labute approximate surface area is 149 Å². The van der Waals surface area contributed by atoms with E-state index in [2.05, 4.69) is 5.32 Å². The summed E-state index contributed by atoms with van der Waals surface area (Å²) in [5, 5.41) is 13.3. The second-order valence-corrected chi connectivity index (χ2v) is 9.30. The Morgan fingerprint density at radius 3 is 2.40 bits per heavy atom. The molecule has 4 aliphatic carbocycles. The van der Waals surface area contributed by atoms with Crippen LogP contribution in [0.25, 0.3) is 0 Å². The smallest absolute Gasteiger partial charge is 0.271 e. The Balaban J connectivity index is 1.39. The fourth-order valence-electron chi connectivity index (χ4n) is 5.34. The van der Waals surface area contributed by atoms with Crippen LogP contribution in [-0.4, -0.2) is 21.3 Å². The van der Waals surface area contributed by atoms with Crippen LogP contribution in [0, 0.1) is 33.7 Å². The van der Waals surface area contributed by atoms with Crippen molar-refractivity contribution < 1.29 is 14.1 Å². The summed E-state index contributed by atoms with van der Waals surface area (Å²) >= 11 is 1.71. The average molecular weight is 364 g/mol. The molecule has 4 aliphatic rings. The number of hydrogen-bond acceptors (Lipinski definition) is 4. The van der Waals surface area contributed by atoms with Crippen molar-refractivity contribution in [2.75, 3.05) is 11.1 Å². The normalized spacial score (nSPS) is 32.6. The molecule has 4 fully saturated rings. The van der Waals surface area contributed by atoms with E-state index in [0.29, 0.717) is 0 Å². The van der Waals surface area contributed by atoms with Crippen molar-refractivity contribution in [3.8, 4) is 0 Å². The van der Waals surface area contributed by atoms with Gasteiger partial charge in [0.2, 0.25) is 5.91 Å². The minimum atomic E-state index is -0.654. The number of benzene rings is 1. The molecule has 1 aromatic rings. The predicted octanol–water partition coefficient (Wildman–Crippen LogP) is 4.37. The molecular weight excluding hydrogens is 343 g/mol. The monoisotopic (exact) mass is 364 g/mol. The highest BCUT2D eigenvalue weighted by molar-refractivity contribution is 8.01. The lowest BCUT2D eigenvalue weighted by atomic mass is 9.56. The third-order valence-corrected chi connectivity index (χ3v) is 7.45. The number of nitrogens with one attached hydrogen (secondary N) is 1. The highest BCUT2D eigenvalue weighted by Crippen LogP contribution is 2.60. The molecule has 0 aromatic heterocycles. The molecule has 0 spiro atoms. The van der Waals surface area contributed by atoms with Gasteiger partial charge in [0.05, 0.1) is 16.4 Å². The molecule has 0 radical (unpaired) electrons. The molecule has 1 amide bonds. The van der Waals surface area contributed by atoms with Crippen molar-refractivity contribution in [2.45, 2.75) is 43.3 Å². The van der Waals surface area contributed by atoms with E-state index in [0.717, 1.165) is 36.0 Å². The standard InChI is InChI=1S/C18H21FN2O3S/c19-15-2-1-14(21(23)24)6-16(15)20-17(22)10-25-18-7-11-3-12(8-18)5-13(4-11)9-18/h1-2,6,11-13H,3-5,7-10H2,(H,20,22). The summed E-state index contributed by atoms with van der Waals surface area (Å²) in [4.78, 5) is 22.5. The van der Waals surface area contributed by atoms with Crippen molar-refractivity contribution in [3.63, 3.8) is 0 Å². The largest absolute Gasteiger partial charge is 0.323 e. The first-order valence-corrected chi connectivity index (χ1v) is 9.79. The maximum Gasteiger partial charge on any atom is 0.271 e. The summed E-state index contributed by atoms with van der Waals surface area (Å²) < 4.78 is 14.0. The molecule has 5 rings (SSSR count). The first-order valence-electron chi connectivity index (χ1n) is 8.80. The Morgan fingerprint density at radius 2 is 1.84 bits per heavy atom. The minimum absolute atomic E-state index is 0.120.